The smallest absolute Gasteiger partial charge is 0.219 e. The van der Waals surface area contributed by atoms with Crippen LogP contribution in [0.5, 0.6) is 0 Å². The summed E-state index contributed by atoms with van der Waals surface area (Å²) in [6.07, 6.45) is 7.97. The van der Waals surface area contributed by atoms with Crippen LogP contribution in [-0.2, 0) is 4.79 Å². The number of hydrogen-bond donors (Lipinski definition) is 0. The standard InChI is InChI=1S/C9H11NO/c1-3-9-4-6-10(7-5-9)8(2)11/h1,4H,5-7H2,2H3. The van der Waals surface area contributed by atoms with E-state index >= 15 is 0 Å². The van der Waals surface area contributed by atoms with Crippen molar-refractivity contribution in [1.29, 1.82) is 0 Å². The molecule has 0 fully saturated rings. The molecular formula is C9H11NO. The van der Waals surface area contributed by atoms with Gasteiger partial charge in [0.1, 0.15) is 0 Å². The van der Waals surface area contributed by atoms with Crippen LogP contribution in [-0.4, -0.2) is 23.9 Å². The van der Waals surface area contributed by atoms with Gasteiger partial charge in [-0.3, -0.25) is 4.79 Å². The van der Waals surface area contributed by atoms with Gasteiger partial charge in [0.15, 0.2) is 0 Å². The molecule has 58 valence electrons. The van der Waals surface area contributed by atoms with E-state index in [2.05, 4.69) is 5.92 Å². The summed E-state index contributed by atoms with van der Waals surface area (Å²) in [7, 11) is 0. The highest BCUT2D eigenvalue weighted by molar-refractivity contribution is 5.73. The maximum Gasteiger partial charge on any atom is 0.219 e. The van der Waals surface area contributed by atoms with Gasteiger partial charge in [-0.25, -0.2) is 0 Å². The van der Waals surface area contributed by atoms with Crippen LogP contribution >= 0.6 is 0 Å². The number of carbonyl (C=O) groups excluding carboxylic acids is 1. The van der Waals surface area contributed by atoms with E-state index in [1.54, 1.807) is 11.8 Å². The Bertz CT molecular complexity index is 234. The van der Waals surface area contributed by atoms with Gasteiger partial charge in [0, 0.05) is 25.6 Å². The molecule has 1 aliphatic rings. The highest BCUT2D eigenvalue weighted by atomic mass is 16.2. The summed E-state index contributed by atoms with van der Waals surface area (Å²) in [5.41, 5.74) is 1.02. The topological polar surface area (TPSA) is 20.3 Å². The first-order chi connectivity index (χ1) is 5.24. The Hall–Kier alpha value is -1.23. The maximum atomic E-state index is 10.8. The van der Waals surface area contributed by atoms with Crippen LogP contribution in [0.2, 0.25) is 0 Å². The molecule has 0 aromatic rings. The summed E-state index contributed by atoms with van der Waals surface area (Å²) in [5.74, 6) is 2.71. The molecule has 0 spiro atoms. The number of nitrogens with zero attached hydrogens (tertiary/aromatic N) is 1. The summed E-state index contributed by atoms with van der Waals surface area (Å²) in [5, 5.41) is 0. The average molecular weight is 149 g/mol. The first-order valence-electron chi connectivity index (χ1n) is 3.65. The molecule has 0 radical (unpaired) electrons. The van der Waals surface area contributed by atoms with Gasteiger partial charge in [0.2, 0.25) is 5.91 Å². The van der Waals surface area contributed by atoms with Crippen LogP contribution in [0, 0.1) is 12.3 Å². The summed E-state index contributed by atoms with van der Waals surface area (Å²) in [4.78, 5) is 12.6. The molecule has 1 rings (SSSR count). The molecule has 2 nitrogen and oxygen atoms in total. The molecule has 1 heterocycles. The number of amides is 1. The molecule has 0 aromatic heterocycles. The van der Waals surface area contributed by atoms with Crippen molar-refractivity contribution in [2.45, 2.75) is 13.3 Å². The second-order valence-corrected chi connectivity index (χ2v) is 2.59. The molecule has 0 atom stereocenters. The van der Waals surface area contributed by atoms with Crippen LogP contribution in [0.15, 0.2) is 11.6 Å². The van der Waals surface area contributed by atoms with E-state index < -0.39 is 0 Å². The minimum atomic E-state index is 0.123. The van der Waals surface area contributed by atoms with Gasteiger partial charge < -0.3 is 4.90 Å². The molecule has 0 saturated heterocycles. The van der Waals surface area contributed by atoms with Gasteiger partial charge in [0.05, 0.1) is 0 Å². The normalized spacial score (nSPS) is 17.1. The lowest BCUT2D eigenvalue weighted by Gasteiger charge is -2.23. The van der Waals surface area contributed by atoms with Crippen molar-refractivity contribution >= 4 is 5.91 Å². The molecule has 0 N–H and O–H groups in total. The van der Waals surface area contributed by atoms with E-state index in [9.17, 15) is 4.79 Å². The second-order valence-electron chi connectivity index (χ2n) is 2.59. The van der Waals surface area contributed by atoms with Crippen molar-refractivity contribution in [3.63, 3.8) is 0 Å². The number of rotatable bonds is 0. The van der Waals surface area contributed by atoms with Crippen LogP contribution < -0.4 is 0 Å². The molecule has 11 heavy (non-hydrogen) atoms. The van der Waals surface area contributed by atoms with Crippen molar-refractivity contribution in [1.82, 2.24) is 4.90 Å². The lowest BCUT2D eigenvalue weighted by molar-refractivity contribution is -0.128. The van der Waals surface area contributed by atoms with Crippen LogP contribution in [0.1, 0.15) is 13.3 Å². The highest BCUT2D eigenvalue weighted by Crippen LogP contribution is 2.08. The summed E-state index contributed by atoms with van der Waals surface area (Å²) in [6, 6.07) is 0. The van der Waals surface area contributed by atoms with Crippen LogP contribution in [0.4, 0.5) is 0 Å². The third kappa shape index (κ3) is 1.84. The fourth-order valence-electron chi connectivity index (χ4n) is 1.09. The Morgan fingerprint density at radius 2 is 2.55 bits per heavy atom. The lowest BCUT2D eigenvalue weighted by atomic mass is 10.1. The SMILES string of the molecule is C#CC1=CCN(C(C)=O)CC1. The molecule has 0 unspecified atom stereocenters. The van der Waals surface area contributed by atoms with Gasteiger partial charge in [-0.2, -0.15) is 0 Å². The van der Waals surface area contributed by atoms with Crippen molar-refractivity contribution in [2.75, 3.05) is 13.1 Å². The second kappa shape index (κ2) is 3.25. The van der Waals surface area contributed by atoms with E-state index in [1.165, 1.54) is 0 Å². The third-order valence-corrected chi connectivity index (χ3v) is 1.84. The zero-order valence-electron chi connectivity index (χ0n) is 6.63. The van der Waals surface area contributed by atoms with Crippen LogP contribution in [0.25, 0.3) is 0 Å². The molecule has 0 aromatic carbocycles. The van der Waals surface area contributed by atoms with Gasteiger partial charge in [-0.1, -0.05) is 12.0 Å². The molecule has 0 aliphatic carbocycles. The number of terminal acetylenes is 1. The Kier molecular flexibility index (Phi) is 2.32. The number of carbonyl (C=O) groups is 1. The van der Waals surface area contributed by atoms with Crippen LogP contribution in [0.3, 0.4) is 0 Å². The molecule has 0 saturated carbocycles. The predicted molar refractivity (Wildman–Crippen MR) is 43.8 cm³/mol. The largest absolute Gasteiger partial charge is 0.339 e. The number of hydrogen-bond acceptors (Lipinski definition) is 1. The Labute approximate surface area is 66.9 Å². The quantitative estimate of drug-likeness (QED) is 0.466. The van der Waals surface area contributed by atoms with E-state index in [4.69, 9.17) is 6.42 Å². The molecule has 1 aliphatic heterocycles. The lowest BCUT2D eigenvalue weighted by Crippen LogP contribution is -2.32. The van der Waals surface area contributed by atoms with Gasteiger partial charge in [0.25, 0.3) is 0 Å². The van der Waals surface area contributed by atoms with Gasteiger partial charge in [-0.05, 0) is 6.42 Å². The van der Waals surface area contributed by atoms with Crippen molar-refractivity contribution in [3.05, 3.63) is 11.6 Å². The molecular weight excluding hydrogens is 138 g/mol. The Morgan fingerprint density at radius 1 is 1.82 bits per heavy atom. The average Bonchev–Trinajstić information content (AvgIpc) is 2.05. The van der Waals surface area contributed by atoms with Gasteiger partial charge in [-0.15, -0.1) is 6.42 Å². The summed E-state index contributed by atoms with van der Waals surface area (Å²) < 4.78 is 0. The first kappa shape index (κ1) is 7.87. The molecule has 1 amide bonds. The fourth-order valence-corrected chi connectivity index (χ4v) is 1.09. The summed E-state index contributed by atoms with van der Waals surface area (Å²) in [6.45, 7) is 3.02. The zero-order valence-corrected chi connectivity index (χ0v) is 6.63. The van der Waals surface area contributed by atoms with E-state index in [0.717, 1.165) is 18.5 Å². The van der Waals surface area contributed by atoms with E-state index in [1.807, 2.05) is 6.08 Å². The minimum Gasteiger partial charge on any atom is -0.339 e. The zero-order chi connectivity index (χ0) is 8.27. The fraction of sp³-hybridized carbons (Fsp3) is 0.444. The van der Waals surface area contributed by atoms with Crippen molar-refractivity contribution in [3.8, 4) is 12.3 Å². The Balaban J connectivity index is 2.56. The van der Waals surface area contributed by atoms with E-state index in [-0.39, 0.29) is 5.91 Å². The molecule has 0 bridgehead atoms. The van der Waals surface area contributed by atoms with Crippen molar-refractivity contribution < 1.29 is 4.79 Å². The van der Waals surface area contributed by atoms with Gasteiger partial charge >= 0.3 is 0 Å². The highest BCUT2D eigenvalue weighted by Gasteiger charge is 2.11. The maximum absolute atomic E-state index is 10.8. The minimum absolute atomic E-state index is 0.123. The summed E-state index contributed by atoms with van der Waals surface area (Å²) >= 11 is 0. The molecule has 2 heteroatoms. The first-order valence-corrected chi connectivity index (χ1v) is 3.65. The third-order valence-electron chi connectivity index (χ3n) is 1.84. The monoisotopic (exact) mass is 149 g/mol. The van der Waals surface area contributed by atoms with Crippen molar-refractivity contribution in [2.24, 2.45) is 0 Å². The predicted octanol–water partition coefficient (Wildman–Crippen LogP) is 0.798. The van der Waals surface area contributed by atoms with E-state index in [0.29, 0.717) is 6.54 Å². The Morgan fingerprint density at radius 3 is 2.91 bits per heavy atom.